The number of benzene rings is 1. The highest BCUT2D eigenvalue weighted by molar-refractivity contribution is 5.94. The third-order valence-corrected chi connectivity index (χ3v) is 4.60. The third-order valence-electron chi connectivity index (χ3n) is 4.60. The van der Waals surface area contributed by atoms with Gasteiger partial charge >= 0.3 is 0 Å². The van der Waals surface area contributed by atoms with Crippen LogP contribution in [0.25, 0.3) is 0 Å². The van der Waals surface area contributed by atoms with Crippen LogP contribution in [0.5, 0.6) is 5.75 Å². The number of carbonyl (C=O) groups excluding carboxylic acids is 1. The maximum atomic E-state index is 12.6. The number of carbonyl (C=O) groups is 1. The monoisotopic (exact) mass is 343 g/mol. The number of methoxy groups -OCH3 is 1. The van der Waals surface area contributed by atoms with Crippen molar-refractivity contribution >= 4 is 5.91 Å². The molecule has 0 aliphatic carbocycles. The highest BCUT2D eigenvalue weighted by Crippen LogP contribution is 2.21. The molecule has 0 spiro atoms. The number of H-pyrrole nitrogens is 1. The molecule has 1 aliphatic rings. The van der Waals surface area contributed by atoms with E-state index < -0.39 is 0 Å². The Morgan fingerprint density at radius 1 is 1.36 bits per heavy atom. The molecule has 0 bridgehead atoms. The Morgan fingerprint density at radius 2 is 2.12 bits per heavy atom. The van der Waals surface area contributed by atoms with E-state index in [1.54, 1.807) is 7.11 Å². The van der Waals surface area contributed by atoms with Gasteiger partial charge in [0.25, 0.3) is 5.91 Å². The molecule has 0 fully saturated rings. The van der Waals surface area contributed by atoms with Gasteiger partial charge in [0.1, 0.15) is 5.75 Å². The number of amides is 1. The molecule has 0 radical (unpaired) electrons. The third kappa shape index (κ3) is 3.83. The van der Waals surface area contributed by atoms with Crippen molar-refractivity contribution in [2.24, 2.45) is 0 Å². The van der Waals surface area contributed by atoms with Gasteiger partial charge in [-0.15, -0.1) is 0 Å². The van der Waals surface area contributed by atoms with Crippen LogP contribution in [0.4, 0.5) is 0 Å². The molecule has 1 amide bonds. The van der Waals surface area contributed by atoms with Gasteiger partial charge in [0.05, 0.1) is 13.2 Å². The summed E-state index contributed by atoms with van der Waals surface area (Å²) in [6.07, 6.45) is 0.877. The van der Waals surface area contributed by atoms with Crippen LogP contribution in [0.1, 0.15) is 33.4 Å². The van der Waals surface area contributed by atoms with Crippen LogP contribution in [-0.4, -0.2) is 55.3 Å². The number of aromatic nitrogens is 2. The zero-order valence-corrected chi connectivity index (χ0v) is 14.9. The predicted molar refractivity (Wildman–Crippen MR) is 95.8 cm³/mol. The molecule has 2 heterocycles. The molecule has 1 aromatic heterocycles. The molecule has 7 nitrogen and oxygen atoms in total. The SMILES string of the molecule is COc1ccc(C(CNC(=O)c2n[nH]c3c2CNCC3)N(C)C)cc1. The molecule has 3 N–H and O–H groups in total. The van der Waals surface area contributed by atoms with E-state index in [2.05, 4.69) is 25.7 Å². The van der Waals surface area contributed by atoms with Crippen LogP contribution in [0.2, 0.25) is 0 Å². The Hall–Kier alpha value is -2.38. The molecule has 2 aromatic rings. The van der Waals surface area contributed by atoms with Crippen LogP contribution >= 0.6 is 0 Å². The van der Waals surface area contributed by atoms with E-state index in [-0.39, 0.29) is 11.9 Å². The summed E-state index contributed by atoms with van der Waals surface area (Å²) < 4.78 is 5.21. The van der Waals surface area contributed by atoms with E-state index in [0.29, 0.717) is 18.8 Å². The van der Waals surface area contributed by atoms with Crippen molar-refractivity contribution in [2.45, 2.75) is 19.0 Å². The largest absolute Gasteiger partial charge is 0.497 e. The summed E-state index contributed by atoms with van der Waals surface area (Å²) in [6, 6.07) is 7.99. The summed E-state index contributed by atoms with van der Waals surface area (Å²) in [4.78, 5) is 14.7. The van der Waals surface area contributed by atoms with Crippen molar-refractivity contribution in [1.29, 1.82) is 0 Å². The van der Waals surface area contributed by atoms with Crippen molar-refractivity contribution in [3.05, 3.63) is 46.8 Å². The Bertz CT molecular complexity index is 724. The summed E-state index contributed by atoms with van der Waals surface area (Å²) in [5.41, 5.74) is 3.66. The standard InChI is InChI=1S/C18H25N5O2/c1-23(2)16(12-4-6-13(25-3)7-5-12)11-20-18(24)17-14-10-19-9-8-15(14)21-22-17/h4-7,16,19H,8-11H2,1-3H3,(H,20,24)(H,21,22). The van der Waals surface area contributed by atoms with Crippen LogP contribution in [0.3, 0.4) is 0 Å². The van der Waals surface area contributed by atoms with E-state index in [1.165, 1.54) is 0 Å². The zero-order chi connectivity index (χ0) is 17.8. The maximum absolute atomic E-state index is 12.6. The normalized spacial score (nSPS) is 14.9. The second kappa shape index (κ2) is 7.67. The van der Waals surface area contributed by atoms with Crippen molar-refractivity contribution < 1.29 is 9.53 Å². The smallest absolute Gasteiger partial charge is 0.272 e. The number of aromatic amines is 1. The van der Waals surface area contributed by atoms with Crippen molar-refractivity contribution in [2.75, 3.05) is 34.3 Å². The van der Waals surface area contributed by atoms with Gasteiger partial charge in [0.15, 0.2) is 5.69 Å². The highest BCUT2D eigenvalue weighted by atomic mass is 16.5. The summed E-state index contributed by atoms with van der Waals surface area (Å²) in [5, 5.41) is 13.5. The predicted octanol–water partition coefficient (Wildman–Crippen LogP) is 1.10. The molecule has 1 atom stereocenters. The number of likely N-dealkylation sites (N-methyl/N-ethyl adjacent to an activating group) is 1. The van der Waals surface area contributed by atoms with Gasteiger partial charge in [-0.1, -0.05) is 12.1 Å². The van der Waals surface area contributed by atoms with Gasteiger partial charge in [-0.05, 0) is 31.8 Å². The molecule has 7 heteroatoms. The van der Waals surface area contributed by atoms with Gasteiger partial charge in [-0.2, -0.15) is 5.10 Å². The molecule has 134 valence electrons. The summed E-state index contributed by atoms with van der Waals surface area (Å²) >= 11 is 0. The quantitative estimate of drug-likeness (QED) is 0.732. The minimum atomic E-state index is -0.137. The van der Waals surface area contributed by atoms with E-state index >= 15 is 0 Å². The van der Waals surface area contributed by atoms with E-state index in [1.807, 2.05) is 38.4 Å². The average Bonchev–Trinajstić information content (AvgIpc) is 3.06. The van der Waals surface area contributed by atoms with E-state index in [9.17, 15) is 4.79 Å². The average molecular weight is 343 g/mol. The lowest BCUT2D eigenvalue weighted by molar-refractivity contribution is 0.0935. The Morgan fingerprint density at radius 3 is 2.80 bits per heavy atom. The summed E-state index contributed by atoms with van der Waals surface area (Å²) in [6.45, 7) is 2.10. The van der Waals surface area contributed by atoms with Gasteiger partial charge in [0, 0.05) is 37.3 Å². The number of nitrogens with one attached hydrogen (secondary N) is 3. The van der Waals surface area contributed by atoms with E-state index in [4.69, 9.17) is 4.74 Å². The van der Waals surface area contributed by atoms with Gasteiger partial charge < -0.3 is 20.3 Å². The fourth-order valence-corrected chi connectivity index (χ4v) is 3.11. The summed E-state index contributed by atoms with van der Waals surface area (Å²) in [5.74, 6) is 0.683. The topological polar surface area (TPSA) is 82.3 Å². The molecule has 25 heavy (non-hydrogen) atoms. The molecule has 0 saturated carbocycles. The minimum absolute atomic E-state index is 0.0720. The first kappa shape index (κ1) is 17.4. The van der Waals surface area contributed by atoms with Gasteiger partial charge in [-0.3, -0.25) is 9.89 Å². The van der Waals surface area contributed by atoms with Crippen LogP contribution in [-0.2, 0) is 13.0 Å². The van der Waals surface area contributed by atoms with Crippen LogP contribution in [0, 0.1) is 0 Å². The Labute approximate surface area is 147 Å². The number of rotatable bonds is 6. The lowest BCUT2D eigenvalue weighted by Gasteiger charge is -2.25. The van der Waals surface area contributed by atoms with Gasteiger partial charge in [-0.25, -0.2) is 0 Å². The minimum Gasteiger partial charge on any atom is -0.497 e. The maximum Gasteiger partial charge on any atom is 0.272 e. The first-order valence-electron chi connectivity index (χ1n) is 8.45. The molecule has 1 aliphatic heterocycles. The second-order valence-corrected chi connectivity index (χ2v) is 6.42. The number of fused-ring (bicyclic) bond motifs is 1. The van der Waals surface area contributed by atoms with Crippen molar-refractivity contribution in [3.63, 3.8) is 0 Å². The van der Waals surface area contributed by atoms with Crippen LogP contribution in [0.15, 0.2) is 24.3 Å². The zero-order valence-electron chi connectivity index (χ0n) is 14.9. The Balaban J connectivity index is 1.68. The number of hydrogen-bond donors (Lipinski definition) is 3. The number of nitrogens with zero attached hydrogens (tertiary/aromatic N) is 2. The molecular weight excluding hydrogens is 318 g/mol. The number of ether oxygens (including phenoxy) is 1. The fraction of sp³-hybridized carbons (Fsp3) is 0.444. The van der Waals surface area contributed by atoms with Gasteiger partial charge in [0.2, 0.25) is 0 Å². The second-order valence-electron chi connectivity index (χ2n) is 6.42. The molecule has 3 rings (SSSR count). The van der Waals surface area contributed by atoms with Crippen molar-refractivity contribution in [3.8, 4) is 5.75 Å². The highest BCUT2D eigenvalue weighted by Gasteiger charge is 2.23. The van der Waals surface area contributed by atoms with Crippen molar-refractivity contribution in [1.82, 2.24) is 25.7 Å². The fourth-order valence-electron chi connectivity index (χ4n) is 3.11. The van der Waals surface area contributed by atoms with E-state index in [0.717, 1.165) is 35.5 Å². The molecule has 1 aromatic carbocycles. The first-order valence-corrected chi connectivity index (χ1v) is 8.45. The molecule has 1 unspecified atom stereocenters. The Kier molecular flexibility index (Phi) is 5.35. The summed E-state index contributed by atoms with van der Waals surface area (Å²) in [7, 11) is 5.65. The molecule has 0 saturated heterocycles. The number of hydrogen-bond acceptors (Lipinski definition) is 5. The first-order chi connectivity index (χ1) is 12.1. The lowest BCUT2D eigenvalue weighted by Crippen LogP contribution is -2.35. The van der Waals surface area contributed by atoms with Crippen LogP contribution < -0.4 is 15.4 Å². The lowest BCUT2D eigenvalue weighted by atomic mass is 10.0. The molecular formula is C18H25N5O2.